The zero-order chi connectivity index (χ0) is 34.1. The molecule has 0 aromatic rings. The van der Waals surface area contributed by atoms with Crippen LogP contribution in [0.5, 0.6) is 0 Å². The molecule has 0 spiro atoms. The Morgan fingerprint density at radius 2 is 0.262 bits per heavy atom. The molecule has 0 fully saturated rings. The van der Waals surface area contributed by atoms with E-state index in [9.17, 15) is 0 Å². The Balaban J connectivity index is 10.3. The van der Waals surface area contributed by atoms with Gasteiger partial charge in [0.15, 0.2) is 0 Å². The highest BCUT2D eigenvalue weighted by molar-refractivity contribution is 7.85. The summed E-state index contributed by atoms with van der Waals surface area (Å²) < 4.78 is 0. The summed E-state index contributed by atoms with van der Waals surface area (Å²) in [5.74, 6) is 0. The van der Waals surface area contributed by atoms with E-state index in [1.54, 1.807) is 0 Å². The van der Waals surface area contributed by atoms with Gasteiger partial charge in [-0.15, -0.1) is 0 Å². The number of hydrogen-bond acceptors (Lipinski definition) is 0. The first-order valence-corrected chi connectivity index (χ1v) is 35.5. The van der Waals surface area contributed by atoms with Crippen molar-refractivity contribution in [3.05, 3.63) is 0 Å². The van der Waals surface area contributed by atoms with Crippen LogP contribution >= 0.6 is 0 Å². The molecule has 0 radical (unpaired) electrons. The number of rotatable bonds is 16. The average Bonchev–Trinajstić information content (AvgIpc) is 2.75. The fourth-order valence-electron chi connectivity index (χ4n) is 13.1. The van der Waals surface area contributed by atoms with Crippen LogP contribution in [0.1, 0.15) is 166 Å². The van der Waals surface area contributed by atoms with Crippen LogP contribution in [0.2, 0.25) is 66.5 Å². The molecule has 0 nitrogen and oxygen atoms in total. The van der Waals surface area contributed by atoms with E-state index >= 15 is 0 Å². The highest BCUT2D eigenvalue weighted by Gasteiger charge is 2.66. The quantitative estimate of drug-likeness (QED) is 0.142. The van der Waals surface area contributed by atoms with E-state index in [-0.39, 0.29) is 0 Å². The molecular formula is C36H84Si6. The topological polar surface area (TPSA) is 0 Å². The van der Waals surface area contributed by atoms with Crippen molar-refractivity contribution in [1.82, 2.24) is 0 Å². The van der Waals surface area contributed by atoms with Crippen LogP contribution in [0.4, 0.5) is 0 Å². The van der Waals surface area contributed by atoms with Crippen molar-refractivity contribution in [3.63, 3.8) is 0 Å². The van der Waals surface area contributed by atoms with Crippen LogP contribution in [-0.2, 0) is 0 Å². The van der Waals surface area contributed by atoms with Crippen molar-refractivity contribution in [2.24, 2.45) is 0 Å². The largest absolute Gasteiger partial charge is 0.0652 e. The van der Waals surface area contributed by atoms with E-state index in [0.29, 0.717) is 0 Å². The Morgan fingerprint density at radius 3 is 0.310 bits per heavy atom. The van der Waals surface area contributed by atoms with Gasteiger partial charge in [-0.3, -0.25) is 0 Å². The molecule has 0 saturated carbocycles. The maximum atomic E-state index is 2.77. The molecule has 0 amide bonds. The molecule has 0 aromatic heterocycles. The van der Waals surface area contributed by atoms with Gasteiger partial charge in [-0.2, -0.15) is 0 Å². The molecule has 0 aliphatic rings. The van der Waals surface area contributed by atoms with Gasteiger partial charge in [-0.05, 0) is 13.9 Å². The lowest BCUT2D eigenvalue weighted by molar-refractivity contribution is 0.828. The molecule has 6 heteroatoms. The van der Waals surface area contributed by atoms with Crippen molar-refractivity contribution in [2.75, 3.05) is 0 Å². The normalized spacial score (nSPS) is 14.9. The number of hydrogen-bond donors (Lipinski definition) is 0. The van der Waals surface area contributed by atoms with Gasteiger partial charge in [-0.1, -0.05) is 233 Å². The minimum atomic E-state index is -1.76. The summed E-state index contributed by atoms with van der Waals surface area (Å²) >= 11 is 0. The third-order valence-corrected chi connectivity index (χ3v) is 122. The van der Waals surface area contributed by atoms with Gasteiger partial charge in [0, 0.05) is 0 Å². The second-order valence-corrected chi connectivity index (χ2v) is 69.6. The summed E-state index contributed by atoms with van der Waals surface area (Å²) in [4.78, 5) is 0. The maximum absolute atomic E-state index is 2.77. The van der Waals surface area contributed by atoms with Gasteiger partial charge in [-0.25, -0.2) is 0 Å². The van der Waals surface area contributed by atoms with Crippen LogP contribution in [0.25, 0.3) is 0 Å². The van der Waals surface area contributed by atoms with Crippen LogP contribution in [0, 0.1) is 0 Å². The van der Waals surface area contributed by atoms with Gasteiger partial charge < -0.3 is 0 Å². The third-order valence-electron chi connectivity index (χ3n) is 13.4. The van der Waals surface area contributed by atoms with Crippen molar-refractivity contribution >= 4 is 44.2 Å². The average molecular weight is 686 g/mol. The highest BCUT2D eigenvalue weighted by Crippen LogP contribution is 2.57. The summed E-state index contributed by atoms with van der Waals surface area (Å²) in [6.07, 6.45) is 0. The van der Waals surface area contributed by atoms with Crippen LogP contribution in [0.15, 0.2) is 0 Å². The third kappa shape index (κ3) is 6.54. The first kappa shape index (κ1) is 43.3. The van der Waals surface area contributed by atoms with Gasteiger partial charge in [0.25, 0.3) is 0 Å². The lowest BCUT2D eigenvalue weighted by Crippen LogP contribution is -2.81. The molecule has 0 aliphatic heterocycles. The fourth-order valence-corrected chi connectivity index (χ4v) is 208. The Morgan fingerprint density at radius 1 is 0.190 bits per heavy atom. The fraction of sp³-hybridized carbons (Fsp3) is 1.00. The van der Waals surface area contributed by atoms with E-state index in [1.807, 2.05) is 0 Å². The molecule has 0 N–H and O–H groups in total. The van der Waals surface area contributed by atoms with E-state index < -0.39 is 44.2 Å². The Bertz CT molecular complexity index is 633. The molecule has 0 aromatic carbocycles. The van der Waals surface area contributed by atoms with Crippen LogP contribution < -0.4 is 0 Å². The van der Waals surface area contributed by atoms with Crippen molar-refractivity contribution < 1.29 is 0 Å². The maximum Gasteiger partial charge on any atom is 0.0638 e. The Kier molecular flexibility index (Phi) is 16.4. The minimum Gasteiger partial charge on any atom is -0.0652 e. The Labute approximate surface area is 275 Å². The zero-order valence-corrected chi connectivity index (χ0v) is 39.9. The second kappa shape index (κ2) is 15.9. The van der Waals surface area contributed by atoms with Crippen molar-refractivity contribution in [3.8, 4) is 0 Å². The van der Waals surface area contributed by atoms with Gasteiger partial charge >= 0.3 is 0 Å². The molecule has 0 heterocycles. The summed E-state index contributed by atoms with van der Waals surface area (Å²) in [5, 5.41) is 0. The van der Waals surface area contributed by atoms with Crippen LogP contribution in [0.3, 0.4) is 0 Å². The minimum absolute atomic E-state index is 0.652. The van der Waals surface area contributed by atoms with E-state index in [4.69, 9.17) is 0 Å². The zero-order valence-electron chi connectivity index (χ0n) is 33.9. The summed E-state index contributed by atoms with van der Waals surface area (Å²) in [7, 11) is -7.04. The smallest absolute Gasteiger partial charge is 0.0638 e. The molecule has 42 heavy (non-hydrogen) atoms. The summed E-state index contributed by atoms with van der Waals surface area (Å²) in [6, 6.07) is 0. The lowest BCUT2D eigenvalue weighted by atomic mass is 10.5. The van der Waals surface area contributed by atoms with E-state index in [2.05, 4.69) is 166 Å². The lowest BCUT2D eigenvalue weighted by Gasteiger charge is -2.64. The van der Waals surface area contributed by atoms with Crippen molar-refractivity contribution in [1.29, 1.82) is 0 Å². The first-order chi connectivity index (χ1) is 18.8. The van der Waals surface area contributed by atoms with Crippen LogP contribution in [-0.4, -0.2) is 44.2 Å². The standard InChI is InChI=1S/C36H84Si6/c1-25(2)39(26(3)4,27(5)6)37(40(28(7)8,29(9)10)30(11)12)38(41(31(13)14,32(15)16)33(17)18)42(34(19)20,35(21)22)36(23)24/h25-36H,1-24H3. The summed E-state index contributed by atoms with van der Waals surface area (Å²) in [5.41, 5.74) is 10.6. The van der Waals surface area contributed by atoms with E-state index in [0.717, 1.165) is 66.5 Å². The predicted molar refractivity (Wildman–Crippen MR) is 216 cm³/mol. The SMILES string of the molecule is CC(C)[Si](C(C)C)(C(C)C)[Si](=[Si]([Si](C(C)C)(C(C)C)C(C)C)[Si](C(C)C)(C(C)C)C(C)C)[Si](C(C)C)(C(C)C)C(C)C. The first-order valence-electron chi connectivity index (χ1n) is 18.6. The van der Waals surface area contributed by atoms with E-state index in [1.165, 1.54) is 0 Å². The van der Waals surface area contributed by atoms with Crippen molar-refractivity contribution in [2.45, 2.75) is 233 Å². The molecule has 0 unspecified atom stereocenters. The summed E-state index contributed by atoms with van der Waals surface area (Å²) in [6.45, 7) is 65.1. The highest BCUT2D eigenvalue weighted by atomic mass is 30.0. The molecule has 0 saturated heterocycles. The predicted octanol–water partition coefficient (Wildman–Crippen LogP) is 14.1. The monoisotopic (exact) mass is 685 g/mol. The molecule has 0 rings (SSSR count). The molecular weight excluding hydrogens is 601 g/mol. The van der Waals surface area contributed by atoms with Gasteiger partial charge in [0.05, 0.1) is 30.4 Å². The van der Waals surface area contributed by atoms with Gasteiger partial charge in [0.1, 0.15) is 0 Å². The second-order valence-electron chi connectivity index (χ2n) is 18.3. The Hall–Kier alpha value is 1.30. The molecule has 252 valence electrons. The molecule has 0 aliphatic carbocycles. The molecule has 0 bridgehead atoms. The molecule has 0 atom stereocenters. The van der Waals surface area contributed by atoms with Gasteiger partial charge in [0.2, 0.25) is 0 Å².